The molecule has 58 heavy (non-hydrogen) atoms. The van der Waals surface area contributed by atoms with E-state index in [0.29, 0.717) is 25.0 Å². The molecule has 1 rings (SSSR count). The van der Waals surface area contributed by atoms with Crippen molar-refractivity contribution >= 4 is 19.8 Å². The van der Waals surface area contributed by atoms with Gasteiger partial charge in [0.2, 0.25) is 0 Å². The average Bonchev–Trinajstić information content (AvgIpc) is 3.99. The fraction of sp³-hybridized carbons (Fsp3) is 0.696. The van der Waals surface area contributed by atoms with Crippen LogP contribution in [0.2, 0.25) is 0 Å². The van der Waals surface area contributed by atoms with E-state index in [0.717, 1.165) is 77.0 Å². The maximum Gasteiger partial charge on any atom is 0.472 e. The van der Waals surface area contributed by atoms with Gasteiger partial charge in [-0.25, -0.2) is 4.57 Å². The maximum absolute atomic E-state index is 12.6. The summed E-state index contributed by atoms with van der Waals surface area (Å²) >= 11 is 0. The first-order valence-corrected chi connectivity index (χ1v) is 23.5. The van der Waals surface area contributed by atoms with Crippen molar-refractivity contribution in [2.24, 2.45) is 0 Å². The molecular formula is C46H77O11P. The molecule has 0 aromatic carbocycles. The molecule has 12 heteroatoms. The Hall–Kier alpha value is -2.63. The van der Waals surface area contributed by atoms with Gasteiger partial charge in [0.25, 0.3) is 0 Å². The van der Waals surface area contributed by atoms with E-state index in [-0.39, 0.29) is 19.4 Å². The van der Waals surface area contributed by atoms with Crippen LogP contribution >= 0.6 is 7.82 Å². The highest BCUT2D eigenvalue weighted by Gasteiger charge is 2.35. The normalized spacial score (nSPS) is 18.0. The molecule has 0 radical (unpaired) electrons. The number of ether oxygens (including phenoxy) is 3. The van der Waals surface area contributed by atoms with Crippen molar-refractivity contribution in [1.82, 2.24) is 0 Å². The maximum atomic E-state index is 12.6. The average molecular weight is 837 g/mol. The molecule has 0 aromatic rings. The Morgan fingerprint density at radius 1 is 0.621 bits per heavy atom. The number of aliphatic hydroxyl groups excluding tert-OH is 2. The van der Waals surface area contributed by atoms with Gasteiger partial charge in [-0.05, 0) is 77.0 Å². The fourth-order valence-electron chi connectivity index (χ4n) is 5.79. The van der Waals surface area contributed by atoms with Gasteiger partial charge in [-0.2, -0.15) is 0 Å². The molecule has 3 N–H and O–H groups in total. The Balaban J connectivity index is 2.30. The van der Waals surface area contributed by atoms with Crippen LogP contribution in [-0.2, 0) is 37.4 Å². The summed E-state index contributed by atoms with van der Waals surface area (Å²) < 4.78 is 38.1. The Bertz CT molecular complexity index is 1260. The molecule has 1 fully saturated rings. The second kappa shape index (κ2) is 37.4. The number of esters is 2. The van der Waals surface area contributed by atoms with Gasteiger partial charge >= 0.3 is 19.8 Å². The predicted molar refractivity (Wildman–Crippen MR) is 232 cm³/mol. The Morgan fingerprint density at radius 2 is 1.14 bits per heavy atom. The van der Waals surface area contributed by atoms with Crippen LogP contribution in [-0.4, -0.2) is 77.9 Å². The molecule has 1 aliphatic rings. The second-order valence-electron chi connectivity index (χ2n) is 14.7. The van der Waals surface area contributed by atoms with E-state index >= 15 is 0 Å². The largest absolute Gasteiger partial charge is 0.472 e. The van der Waals surface area contributed by atoms with E-state index in [9.17, 15) is 24.2 Å². The smallest absolute Gasteiger partial charge is 0.462 e. The zero-order chi connectivity index (χ0) is 42.4. The molecule has 5 atom stereocenters. The highest BCUT2D eigenvalue weighted by Crippen LogP contribution is 2.43. The number of hydrogen-bond acceptors (Lipinski definition) is 10. The number of phosphoric ester groups is 1. The summed E-state index contributed by atoms with van der Waals surface area (Å²) in [7, 11) is -4.65. The van der Waals surface area contributed by atoms with Crippen LogP contribution in [0.3, 0.4) is 0 Å². The van der Waals surface area contributed by atoms with Crippen LogP contribution in [0, 0.1) is 0 Å². The third-order valence-electron chi connectivity index (χ3n) is 9.33. The summed E-state index contributed by atoms with van der Waals surface area (Å²) in [6.07, 6.45) is 45.0. The molecular weight excluding hydrogens is 759 g/mol. The topological polar surface area (TPSA) is 161 Å². The zero-order valence-corrected chi connectivity index (χ0v) is 36.6. The van der Waals surface area contributed by atoms with E-state index in [1.165, 1.54) is 38.5 Å². The first-order valence-electron chi connectivity index (χ1n) is 22.0. The van der Waals surface area contributed by atoms with Gasteiger partial charge in [-0.15, -0.1) is 0 Å². The molecule has 1 heterocycles. The second-order valence-corrected chi connectivity index (χ2v) is 16.2. The van der Waals surface area contributed by atoms with E-state index in [1.807, 2.05) is 12.2 Å². The number of carbonyl (C=O) groups excluding carboxylic acids is 2. The summed E-state index contributed by atoms with van der Waals surface area (Å²) in [4.78, 5) is 35.0. The molecule has 0 bridgehead atoms. The van der Waals surface area contributed by atoms with E-state index in [1.54, 1.807) is 0 Å². The molecule has 1 aliphatic heterocycles. The molecule has 0 amide bonds. The molecule has 0 aromatic heterocycles. The lowest BCUT2D eigenvalue weighted by Gasteiger charge is -2.20. The van der Waals surface area contributed by atoms with Crippen molar-refractivity contribution in [3.8, 4) is 0 Å². The lowest BCUT2D eigenvalue weighted by molar-refractivity contribution is -0.161. The number of carbonyl (C=O) groups is 2. The SMILES string of the molecule is CCCCCCCC/C=C\CCCCCCCC(=O)OCC(COP(=O)(O)OCC(O)CO)OC(=O)CC/C=C/C/C=C/C/C=C/C/C=C/C/C=C/CC1OC1CC. The van der Waals surface area contributed by atoms with Crippen molar-refractivity contribution in [2.75, 3.05) is 26.4 Å². The molecule has 0 saturated carbocycles. The van der Waals surface area contributed by atoms with Gasteiger partial charge in [-0.1, -0.05) is 138 Å². The van der Waals surface area contributed by atoms with Crippen molar-refractivity contribution in [2.45, 2.75) is 180 Å². The minimum atomic E-state index is -4.65. The van der Waals surface area contributed by atoms with Crippen LogP contribution in [0.4, 0.5) is 0 Å². The molecule has 0 aliphatic carbocycles. The highest BCUT2D eigenvalue weighted by atomic mass is 31.2. The summed E-state index contributed by atoms with van der Waals surface area (Å²) in [6, 6.07) is 0. The summed E-state index contributed by atoms with van der Waals surface area (Å²) in [5, 5.41) is 18.3. The number of aliphatic hydroxyl groups is 2. The van der Waals surface area contributed by atoms with Crippen molar-refractivity contribution in [1.29, 1.82) is 0 Å². The minimum Gasteiger partial charge on any atom is -0.462 e. The van der Waals surface area contributed by atoms with Crippen molar-refractivity contribution in [3.05, 3.63) is 72.9 Å². The monoisotopic (exact) mass is 837 g/mol. The number of unbranched alkanes of at least 4 members (excludes halogenated alkanes) is 11. The molecule has 0 spiro atoms. The first kappa shape index (κ1) is 53.4. The summed E-state index contributed by atoms with van der Waals surface area (Å²) in [6.45, 7) is 2.17. The standard InChI is InChI=1S/C46H77O11P/c1-3-5-6-7-8-9-10-11-13-17-20-23-26-29-32-35-45(49)53-39-42(40-55-58(51,52)54-38-41(48)37-47)56-46(50)36-33-30-27-24-21-18-15-12-14-16-19-22-25-28-31-34-44-43(4-2)57-44/h11-14,18-19,21-22,27-28,30-31,41-44,47-48H,3-10,15-17,20,23-26,29,32-40H2,1-2H3,(H,51,52)/b13-11-,14-12+,21-18+,22-19+,30-27+,31-28+. The van der Waals surface area contributed by atoms with Crippen molar-refractivity contribution in [3.63, 3.8) is 0 Å². The van der Waals surface area contributed by atoms with Crippen molar-refractivity contribution < 1.29 is 52.5 Å². The number of epoxide rings is 1. The van der Waals surface area contributed by atoms with Gasteiger partial charge < -0.3 is 29.3 Å². The lowest BCUT2D eigenvalue weighted by Crippen LogP contribution is -2.29. The lowest BCUT2D eigenvalue weighted by atomic mass is 10.1. The molecule has 1 saturated heterocycles. The number of phosphoric acid groups is 1. The summed E-state index contributed by atoms with van der Waals surface area (Å²) in [5.74, 6) is -1.04. The molecule has 11 nitrogen and oxygen atoms in total. The first-order chi connectivity index (χ1) is 28.2. The van der Waals surface area contributed by atoms with Crippen LogP contribution in [0.1, 0.15) is 155 Å². The number of hydrogen-bond donors (Lipinski definition) is 3. The van der Waals surface area contributed by atoms with Gasteiger partial charge in [0.05, 0.1) is 32.0 Å². The summed E-state index contributed by atoms with van der Waals surface area (Å²) in [5.41, 5.74) is 0. The van der Waals surface area contributed by atoms with Gasteiger partial charge in [0, 0.05) is 12.8 Å². The number of rotatable bonds is 39. The Morgan fingerprint density at radius 3 is 1.71 bits per heavy atom. The fourth-order valence-corrected chi connectivity index (χ4v) is 6.58. The highest BCUT2D eigenvalue weighted by molar-refractivity contribution is 7.47. The molecule has 5 unspecified atom stereocenters. The van der Waals surface area contributed by atoms with Crippen LogP contribution in [0.5, 0.6) is 0 Å². The van der Waals surface area contributed by atoms with Crippen LogP contribution < -0.4 is 0 Å². The van der Waals surface area contributed by atoms with Gasteiger partial charge in [-0.3, -0.25) is 18.6 Å². The zero-order valence-electron chi connectivity index (χ0n) is 35.7. The van der Waals surface area contributed by atoms with E-state index < -0.39 is 51.8 Å². The van der Waals surface area contributed by atoms with E-state index in [2.05, 4.69) is 79.1 Å². The molecule has 332 valence electrons. The third kappa shape index (κ3) is 34.3. The van der Waals surface area contributed by atoms with Gasteiger partial charge in [0.15, 0.2) is 6.10 Å². The Kier molecular flexibility index (Phi) is 34.4. The minimum absolute atomic E-state index is 0.0514. The van der Waals surface area contributed by atoms with E-state index in [4.69, 9.17) is 23.8 Å². The quantitative estimate of drug-likeness (QED) is 0.0178. The van der Waals surface area contributed by atoms with Crippen LogP contribution in [0.15, 0.2) is 72.9 Å². The Labute approximate surface area is 350 Å². The van der Waals surface area contributed by atoms with Crippen LogP contribution in [0.25, 0.3) is 0 Å². The predicted octanol–water partition coefficient (Wildman–Crippen LogP) is 10.7. The van der Waals surface area contributed by atoms with Gasteiger partial charge in [0.1, 0.15) is 12.7 Å². The number of allylic oxidation sites excluding steroid dienone is 11. The third-order valence-corrected chi connectivity index (χ3v) is 10.3.